The van der Waals surface area contributed by atoms with E-state index in [-0.39, 0.29) is 11.8 Å². The van der Waals surface area contributed by atoms with E-state index in [1.165, 1.54) is 11.3 Å². The molecule has 1 aliphatic heterocycles. The van der Waals surface area contributed by atoms with Crippen LogP contribution in [0.25, 0.3) is 22.4 Å². The molecule has 2 heterocycles. The summed E-state index contributed by atoms with van der Waals surface area (Å²) in [6.45, 7) is 0. The van der Waals surface area contributed by atoms with Crippen molar-refractivity contribution in [1.82, 2.24) is 4.98 Å². The van der Waals surface area contributed by atoms with Crippen molar-refractivity contribution in [2.75, 3.05) is 4.90 Å². The maximum Gasteiger partial charge on any atom is 0.268 e. The lowest BCUT2D eigenvalue weighted by Crippen LogP contribution is -2.29. The van der Waals surface area contributed by atoms with Gasteiger partial charge in [-0.2, -0.15) is 0 Å². The lowest BCUT2D eigenvalue weighted by Gasteiger charge is -2.09. The van der Waals surface area contributed by atoms with E-state index in [0.29, 0.717) is 16.3 Å². The molecule has 0 bridgehead atoms. The van der Waals surface area contributed by atoms with Crippen LogP contribution in [0.4, 0.5) is 5.13 Å². The van der Waals surface area contributed by atoms with Gasteiger partial charge in [0.2, 0.25) is 0 Å². The van der Waals surface area contributed by atoms with Gasteiger partial charge in [-0.15, -0.1) is 11.3 Å². The van der Waals surface area contributed by atoms with Crippen LogP contribution in [0.15, 0.2) is 84.2 Å². The standard InChI is InChI=1S/C23H14N2O2S/c26-21-18-8-4-5-9-19(18)22(27)25(21)23-24-20(14-28-23)17-12-10-16(11-13-17)15-6-2-1-3-7-15/h1-14H. The Morgan fingerprint density at radius 2 is 1.18 bits per heavy atom. The van der Waals surface area contributed by atoms with Crippen molar-refractivity contribution in [2.45, 2.75) is 0 Å². The SMILES string of the molecule is O=C1c2ccccc2C(=O)N1c1nc(-c2ccc(-c3ccccc3)cc2)cs1. The summed E-state index contributed by atoms with van der Waals surface area (Å²) in [5.74, 6) is -0.637. The van der Waals surface area contributed by atoms with Gasteiger partial charge in [0.15, 0.2) is 5.13 Å². The third-order valence-electron chi connectivity index (χ3n) is 4.77. The van der Waals surface area contributed by atoms with Gasteiger partial charge < -0.3 is 0 Å². The van der Waals surface area contributed by atoms with Gasteiger partial charge in [0.25, 0.3) is 11.8 Å². The number of rotatable bonds is 3. The second kappa shape index (κ2) is 6.55. The van der Waals surface area contributed by atoms with E-state index in [4.69, 9.17) is 0 Å². The highest BCUT2D eigenvalue weighted by Gasteiger charge is 2.37. The largest absolute Gasteiger partial charge is 0.268 e. The molecule has 3 aromatic carbocycles. The van der Waals surface area contributed by atoms with Crippen LogP contribution in [0.5, 0.6) is 0 Å². The molecule has 5 rings (SSSR count). The lowest BCUT2D eigenvalue weighted by atomic mass is 10.0. The molecule has 0 radical (unpaired) electrons. The summed E-state index contributed by atoms with van der Waals surface area (Å²) in [4.78, 5) is 31.0. The molecule has 2 amide bonds. The minimum Gasteiger partial charge on any atom is -0.268 e. The second-order valence-corrected chi connectivity index (χ2v) is 7.29. The molecule has 0 saturated heterocycles. The minimum absolute atomic E-state index is 0.319. The molecule has 134 valence electrons. The van der Waals surface area contributed by atoms with Crippen molar-refractivity contribution >= 4 is 28.3 Å². The zero-order valence-electron chi connectivity index (χ0n) is 14.7. The molecular formula is C23H14N2O2S. The Kier molecular flexibility index (Phi) is 3.88. The predicted octanol–water partition coefficient (Wildman–Crippen LogP) is 5.28. The molecule has 0 saturated carbocycles. The fourth-order valence-electron chi connectivity index (χ4n) is 3.33. The van der Waals surface area contributed by atoms with E-state index in [1.54, 1.807) is 24.3 Å². The van der Waals surface area contributed by atoms with Crippen molar-refractivity contribution in [3.63, 3.8) is 0 Å². The molecule has 0 atom stereocenters. The molecule has 28 heavy (non-hydrogen) atoms. The van der Waals surface area contributed by atoms with E-state index in [0.717, 1.165) is 27.3 Å². The van der Waals surface area contributed by atoms with Crippen molar-refractivity contribution in [3.05, 3.63) is 95.4 Å². The van der Waals surface area contributed by atoms with Gasteiger partial charge in [-0.25, -0.2) is 9.88 Å². The van der Waals surface area contributed by atoms with Gasteiger partial charge in [-0.3, -0.25) is 9.59 Å². The average molecular weight is 382 g/mol. The topological polar surface area (TPSA) is 50.3 Å². The van der Waals surface area contributed by atoms with Crippen LogP contribution >= 0.6 is 11.3 Å². The third kappa shape index (κ3) is 2.64. The van der Waals surface area contributed by atoms with Crippen molar-refractivity contribution < 1.29 is 9.59 Å². The van der Waals surface area contributed by atoms with E-state index < -0.39 is 0 Å². The maximum absolute atomic E-state index is 12.6. The summed E-state index contributed by atoms with van der Waals surface area (Å²) >= 11 is 1.29. The minimum atomic E-state index is -0.319. The Balaban J connectivity index is 1.44. The number of amides is 2. The normalized spacial score (nSPS) is 13.1. The zero-order valence-corrected chi connectivity index (χ0v) is 15.5. The molecule has 0 spiro atoms. The van der Waals surface area contributed by atoms with Crippen LogP contribution in [-0.4, -0.2) is 16.8 Å². The molecule has 4 nitrogen and oxygen atoms in total. The van der Waals surface area contributed by atoms with Crippen LogP contribution in [0, 0.1) is 0 Å². The van der Waals surface area contributed by atoms with Crippen LogP contribution < -0.4 is 4.90 Å². The van der Waals surface area contributed by atoms with Crippen LogP contribution in [0.1, 0.15) is 20.7 Å². The van der Waals surface area contributed by atoms with E-state index in [2.05, 4.69) is 17.1 Å². The van der Waals surface area contributed by atoms with Crippen molar-refractivity contribution in [3.8, 4) is 22.4 Å². The van der Waals surface area contributed by atoms with Gasteiger partial charge in [0, 0.05) is 10.9 Å². The number of hydrogen-bond acceptors (Lipinski definition) is 4. The summed E-state index contributed by atoms with van der Waals surface area (Å²) < 4.78 is 0. The van der Waals surface area contributed by atoms with E-state index in [9.17, 15) is 9.59 Å². The maximum atomic E-state index is 12.6. The number of nitrogens with zero attached hydrogens (tertiary/aromatic N) is 2. The number of fused-ring (bicyclic) bond motifs is 1. The monoisotopic (exact) mass is 382 g/mol. The highest BCUT2D eigenvalue weighted by Crippen LogP contribution is 2.33. The number of carbonyl (C=O) groups excluding carboxylic acids is 2. The summed E-state index contributed by atoms with van der Waals surface area (Å²) in [6, 6.07) is 25.1. The summed E-state index contributed by atoms with van der Waals surface area (Å²) in [5, 5.41) is 2.27. The summed E-state index contributed by atoms with van der Waals surface area (Å²) in [6.07, 6.45) is 0. The molecule has 0 fully saturated rings. The van der Waals surface area contributed by atoms with Gasteiger partial charge in [0.05, 0.1) is 16.8 Å². The highest BCUT2D eigenvalue weighted by molar-refractivity contribution is 7.14. The Hall–Kier alpha value is -3.57. The van der Waals surface area contributed by atoms with Gasteiger partial charge in [-0.1, -0.05) is 66.7 Å². The molecule has 0 N–H and O–H groups in total. The Morgan fingerprint density at radius 3 is 1.82 bits per heavy atom. The van der Waals surface area contributed by atoms with E-state index in [1.807, 2.05) is 47.8 Å². The molecule has 1 aliphatic rings. The quantitative estimate of drug-likeness (QED) is 0.453. The highest BCUT2D eigenvalue weighted by atomic mass is 32.1. The Labute approximate surface area is 165 Å². The van der Waals surface area contributed by atoms with Crippen LogP contribution in [-0.2, 0) is 0 Å². The second-order valence-electron chi connectivity index (χ2n) is 6.45. The Morgan fingerprint density at radius 1 is 0.643 bits per heavy atom. The molecule has 4 aromatic rings. The summed E-state index contributed by atoms with van der Waals surface area (Å²) in [7, 11) is 0. The number of imide groups is 1. The predicted molar refractivity (Wildman–Crippen MR) is 111 cm³/mol. The van der Waals surface area contributed by atoms with Crippen molar-refractivity contribution in [2.24, 2.45) is 0 Å². The fraction of sp³-hybridized carbons (Fsp3) is 0. The molecule has 5 heteroatoms. The lowest BCUT2D eigenvalue weighted by molar-refractivity contribution is 0.0926. The van der Waals surface area contributed by atoms with Gasteiger partial charge in [-0.05, 0) is 23.3 Å². The van der Waals surface area contributed by atoms with Crippen molar-refractivity contribution in [1.29, 1.82) is 0 Å². The molecular weight excluding hydrogens is 368 g/mol. The molecule has 1 aromatic heterocycles. The fourth-order valence-corrected chi connectivity index (χ4v) is 4.15. The Bertz CT molecular complexity index is 1160. The summed E-state index contributed by atoms with van der Waals surface area (Å²) in [5.41, 5.74) is 4.82. The number of anilines is 1. The number of thiazole rings is 1. The molecule has 0 unspecified atom stereocenters. The van der Waals surface area contributed by atoms with Gasteiger partial charge >= 0.3 is 0 Å². The number of benzene rings is 3. The first kappa shape index (κ1) is 16.6. The van der Waals surface area contributed by atoms with E-state index >= 15 is 0 Å². The zero-order chi connectivity index (χ0) is 19.1. The third-order valence-corrected chi connectivity index (χ3v) is 5.59. The first-order valence-electron chi connectivity index (χ1n) is 8.81. The first-order valence-corrected chi connectivity index (χ1v) is 9.69. The number of carbonyl (C=O) groups is 2. The van der Waals surface area contributed by atoms with Gasteiger partial charge in [0.1, 0.15) is 0 Å². The number of aromatic nitrogens is 1. The number of hydrogen-bond donors (Lipinski definition) is 0. The molecule has 0 aliphatic carbocycles. The first-order chi connectivity index (χ1) is 13.7. The smallest absolute Gasteiger partial charge is 0.268 e. The van der Waals surface area contributed by atoms with Crippen LogP contribution in [0.3, 0.4) is 0 Å². The van der Waals surface area contributed by atoms with Crippen LogP contribution in [0.2, 0.25) is 0 Å². The average Bonchev–Trinajstić information content (AvgIpc) is 3.33.